The van der Waals surface area contributed by atoms with Gasteiger partial charge in [0.2, 0.25) is 5.43 Å². The quantitative estimate of drug-likeness (QED) is 0.605. The highest BCUT2D eigenvalue weighted by Crippen LogP contribution is 2.28. The van der Waals surface area contributed by atoms with Gasteiger partial charge in [-0.15, -0.1) is 0 Å². The number of carboxylic acids is 1. The summed E-state index contributed by atoms with van der Waals surface area (Å²) in [6, 6.07) is 7.45. The summed E-state index contributed by atoms with van der Waals surface area (Å²) in [6.07, 6.45) is 2.55. The van der Waals surface area contributed by atoms with Gasteiger partial charge in [0, 0.05) is 37.4 Å². The summed E-state index contributed by atoms with van der Waals surface area (Å²) in [5, 5.41) is 9.54. The predicted molar refractivity (Wildman–Crippen MR) is 119 cm³/mol. The Morgan fingerprint density at radius 1 is 1.41 bits per heavy atom. The second-order valence-electron chi connectivity index (χ2n) is 8.04. The van der Waals surface area contributed by atoms with E-state index in [0.717, 1.165) is 12.0 Å². The molecule has 0 bridgehead atoms. The number of aromatic nitrogens is 2. The second kappa shape index (κ2) is 8.58. The summed E-state index contributed by atoms with van der Waals surface area (Å²) in [4.78, 5) is 30.9. The van der Waals surface area contributed by atoms with E-state index in [1.807, 2.05) is 24.3 Å². The van der Waals surface area contributed by atoms with Crippen molar-refractivity contribution in [2.45, 2.75) is 32.4 Å². The molecule has 1 fully saturated rings. The number of pyridine rings is 2. The van der Waals surface area contributed by atoms with Crippen molar-refractivity contribution in [1.29, 1.82) is 0 Å². The van der Waals surface area contributed by atoms with Crippen molar-refractivity contribution in [3.8, 4) is 5.75 Å². The summed E-state index contributed by atoms with van der Waals surface area (Å²) in [7, 11) is 1.58. The molecule has 2 aromatic heterocycles. The minimum absolute atomic E-state index is 0.0136. The molecule has 1 aliphatic rings. The molecule has 32 heavy (non-hydrogen) atoms. The van der Waals surface area contributed by atoms with Crippen LogP contribution in [-0.2, 0) is 13.0 Å². The fourth-order valence-electron chi connectivity index (χ4n) is 4.13. The molecule has 0 aliphatic carbocycles. The lowest BCUT2D eigenvalue weighted by Crippen LogP contribution is -2.29. The standard InChI is InChI=1S/C23H25FN4O4/c1-13-18-20(29)17(23(30)31)12-28(8-6-14-4-3-5-16(10-14)32-2)21(18)26-22(19(13)24)27-9-7-15(25)11-27/h3-5,10,12,15H,6-9,11,25H2,1-2H3,(H,30,31). The monoisotopic (exact) mass is 440 g/mol. The van der Waals surface area contributed by atoms with Crippen LogP contribution < -0.4 is 20.8 Å². The van der Waals surface area contributed by atoms with Crippen LogP contribution in [0.3, 0.4) is 0 Å². The smallest absolute Gasteiger partial charge is 0.341 e. The molecule has 0 amide bonds. The first-order valence-corrected chi connectivity index (χ1v) is 10.4. The molecule has 3 N–H and O–H groups in total. The van der Waals surface area contributed by atoms with E-state index in [0.29, 0.717) is 31.8 Å². The summed E-state index contributed by atoms with van der Waals surface area (Å²) in [5.74, 6) is -1.13. The number of rotatable bonds is 6. The lowest BCUT2D eigenvalue weighted by Gasteiger charge is -2.21. The van der Waals surface area contributed by atoms with Crippen LogP contribution in [0.5, 0.6) is 5.75 Å². The van der Waals surface area contributed by atoms with E-state index in [-0.39, 0.29) is 28.5 Å². The zero-order chi connectivity index (χ0) is 23.0. The average Bonchev–Trinajstić information content (AvgIpc) is 3.21. The number of halogens is 1. The molecule has 1 unspecified atom stereocenters. The van der Waals surface area contributed by atoms with Gasteiger partial charge in [-0.2, -0.15) is 0 Å². The van der Waals surface area contributed by atoms with Gasteiger partial charge in [0.05, 0.1) is 12.5 Å². The number of aryl methyl sites for hydroxylation is 3. The third-order valence-corrected chi connectivity index (χ3v) is 5.89. The summed E-state index contributed by atoms with van der Waals surface area (Å²) in [6.45, 7) is 2.87. The number of carbonyl (C=O) groups is 1. The van der Waals surface area contributed by atoms with Crippen molar-refractivity contribution < 1.29 is 19.0 Å². The highest BCUT2D eigenvalue weighted by Gasteiger charge is 2.27. The number of benzene rings is 1. The minimum Gasteiger partial charge on any atom is -0.497 e. The van der Waals surface area contributed by atoms with E-state index < -0.39 is 22.8 Å². The Morgan fingerprint density at radius 3 is 2.84 bits per heavy atom. The molecule has 0 radical (unpaired) electrons. The third kappa shape index (κ3) is 3.91. The van der Waals surface area contributed by atoms with Gasteiger partial charge in [-0.25, -0.2) is 14.2 Å². The van der Waals surface area contributed by atoms with E-state index in [1.54, 1.807) is 16.6 Å². The minimum atomic E-state index is -1.36. The topological polar surface area (TPSA) is 111 Å². The molecule has 8 nitrogen and oxygen atoms in total. The Morgan fingerprint density at radius 2 is 2.19 bits per heavy atom. The first-order valence-electron chi connectivity index (χ1n) is 10.4. The Balaban J connectivity index is 1.85. The Hall–Kier alpha value is -3.46. The summed E-state index contributed by atoms with van der Waals surface area (Å²) < 4.78 is 22.1. The van der Waals surface area contributed by atoms with Gasteiger partial charge in [-0.05, 0) is 37.5 Å². The highest BCUT2D eigenvalue weighted by atomic mass is 19.1. The van der Waals surface area contributed by atoms with Crippen LogP contribution in [0.2, 0.25) is 0 Å². The van der Waals surface area contributed by atoms with Crippen molar-refractivity contribution in [1.82, 2.24) is 9.55 Å². The van der Waals surface area contributed by atoms with Crippen molar-refractivity contribution >= 4 is 22.8 Å². The fraction of sp³-hybridized carbons (Fsp3) is 0.348. The molecular weight excluding hydrogens is 415 g/mol. The number of methoxy groups -OCH3 is 1. The van der Waals surface area contributed by atoms with Crippen LogP contribution in [0.1, 0.15) is 27.9 Å². The van der Waals surface area contributed by atoms with Gasteiger partial charge in [0.15, 0.2) is 11.6 Å². The van der Waals surface area contributed by atoms with Crippen LogP contribution in [0.4, 0.5) is 10.2 Å². The molecule has 0 spiro atoms. The van der Waals surface area contributed by atoms with E-state index in [2.05, 4.69) is 4.98 Å². The van der Waals surface area contributed by atoms with Crippen molar-refractivity contribution in [2.24, 2.45) is 5.73 Å². The molecule has 1 atom stereocenters. The number of carboxylic acid groups (broad SMARTS) is 1. The van der Waals surface area contributed by atoms with Crippen LogP contribution in [0.15, 0.2) is 35.3 Å². The van der Waals surface area contributed by atoms with E-state index >= 15 is 4.39 Å². The molecular formula is C23H25FN4O4. The maximum atomic E-state index is 15.2. The van der Waals surface area contributed by atoms with Crippen molar-refractivity contribution in [3.63, 3.8) is 0 Å². The Bertz CT molecular complexity index is 1260. The number of nitrogens with two attached hydrogens (primary N) is 1. The maximum Gasteiger partial charge on any atom is 0.341 e. The van der Waals surface area contributed by atoms with Gasteiger partial charge in [-0.3, -0.25) is 4.79 Å². The fourth-order valence-corrected chi connectivity index (χ4v) is 4.13. The Kier molecular flexibility index (Phi) is 5.84. The lowest BCUT2D eigenvalue weighted by atomic mass is 10.1. The molecule has 0 saturated carbocycles. The lowest BCUT2D eigenvalue weighted by molar-refractivity contribution is 0.0695. The first-order chi connectivity index (χ1) is 15.3. The number of anilines is 1. The molecule has 168 valence electrons. The van der Waals surface area contributed by atoms with Crippen LogP contribution in [0, 0.1) is 12.7 Å². The summed E-state index contributed by atoms with van der Waals surface area (Å²) in [5.41, 5.74) is 6.16. The molecule has 3 heterocycles. The van der Waals surface area contributed by atoms with Gasteiger partial charge in [-0.1, -0.05) is 12.1 Å². The van der Waals surface area contributed by atoms with Crippen molar-refractivity contribution in [3.05, 3.63) is 63.2 Å². The van der Waals surface area contributed by atoms with Gasteiger partial charge in [0.1, 0.15) is 17.0 Å². The highest BCUT2D eigenvalue weighted by molar-refractivity contribution is 5.93. The van der Waals surface area contributed by atoms with Crippen LogP contribution >= 0.6 is 0 Å². The zero-order valence-corrected chi connectivity index (χ0v) is 18.0. The Labute approximate surface area is 184 Å². The SMILES string of the molecule is COc1cccc(CCn2cc(C(=O)O)c(=O)c3c(C)c(F)c(N4CCC(N)C4)nc32)c1. The van der Waals surface area contributed by atoms with Gasteiger partial charge >= 0.3 is 5.97 Å². The van der Waals surface area contributed by atoms with Crippen molar-refractivity contribution in [2.75, 3.05) is 25.1 Å². The van der Waals surface area contributed by atoms with E-state index in [4.69, 9.17) is 10.5 Å². The first kappa shape index (κ1) is 21.8. The average molecular weight is 440 g/mol. The van der Waals surface area contributed by atoms with Gasteiger partial charge < -0.3 is 25.0 Å². The molecule has 4 rings (SSSR count). The van der Waals surface area contributed by atoms with Crippen LogP contribution in [-0.4, -0.2) is 46.9 Å². The molecule has 9 heteroatoms. The number of hydrogen-bond donors (Lipinski definition) is 2. The number of ether oxygens (including phenoxy) is 1. The normalized spacial score (nSPS) is 16.0. The van der Waals surface area contributed by atoms with E-state index in [1.165, 1.54) is 13.1 Å². The van der Waals surface area contributed by atoms with Gasteiger partial charge in [0.25, 0.3) is 0 Å². The largest absolute Gasteiger partial charge is 0.497 e. The van der Waals surface area contributed by atoms with E-state index in [9.17, 15) is 14.7 Å². The summed E-state index contributed by atoms with van der Waals surface area (Å²) >= 11 is 0. The maximum absolute atomic E-state index is 15.2. The molecule has 1 saturated heterocycles. The van der Waals surface area contributed by atoms with Crippen LogP contribution in [0.25, 0.3) is 11.0 Å². The molecule has 3 aromatic rings. The number of nitrogens with zero attached hydrogens (tertiary/aromatic N) is 3. The second-order valence-corrected chi connectivity index (χ2v) is 8.04. The third-order valence-electron chi connectivity index (χ3n) is 5.89. The number of hydrogen-bond acceptors (Lipinski definition) is 6. The number of aromatic carboxylic acids is 1. The molecule has 1 aliphatic heterocycles. The predicted octanol–water partition coefficient (Wildman–Crippen LogP) is 2.33. The zero-order valence-electron chi connectivity index (χ0n) is 18.0. The number of fused-ring (bicyclic) bond motifs is 1. The molecule has 1 aromatic carbocycles.